The minimum Gasteiger partial charge on any atom is -0.354 e. The fourth-order valence-corrected chi connectivity index (χ4v) is 4.42. The quantitative estimate of drug-likeness (QED) is 0.549. The van der Waals surface area contributed by atoms with Gasteiger partial charge in [-0.2, -0.15) is 0 Å². The van der Waals surface area contributed by atoms with Gasteiger partial charge in [0.15, 0.2) is 0 Å². The highest BCUT2D eigenvalue weighted by molar-refractivity contribution is 7.99. The molecule has 0 saturated carbocycles. The maximum absolute atomic E-state index is 11.9. The Labute approximate surface area is 176 Å². The van der Waals surface area contributed by atoms with E-state index in [2.05, 4.69) is 48.7 Å². The second kappa shape index (κ2) is 12.5. The van der Waals surface area contributed by atoms with E-state index in [1.54, 1.807) is 23.5 Å². The lowest BCUT2D eigenvalue weighted by atomic mass is 10.1. The largest absolute Gasteiger partial charge is 0.354 e. The number of carbonyl (C=O) groups is 2. The molecule has 4 nitrogen and oxygen atoms in total. The molecule has 0 aliphatic rings. The lowest BCUT2D eigenvalue weighted by molar-refractivity contribution is -0.120. The topological polar surface area (TPSA) is 58.2 Å². The van der Waals surface area contributed by atoms with Crippen molar-refractivity contribution in [2.24, 2.45) is 0 Å². The van der Waals surface area contributed by atoms with Crippen molar-refractivity contribution in [1.82, 2.24) is 10.6 Å². The zero-order chi connectivity index (χ0) is 20.2. The summed E-state index contributed by atoms with van der Waals surface area (Å²) in [5.41, 5.74) is 5.02. The monoisotopic (exact) mass is 416 g/mol. The summed E-state index contributed by atoms with van der Waals surface area (Å²) in [6.07, 6.45) is 0. The normalized spacial score (nSPS) is 10.5. The average Bonchev–Trinajstić information content (AvgIpc) is 2.68. The van der Waals surface area contributed by atoms with Crippen molar-refractivity contribution in [3.05, 3.63) is 70.8 Å². The van der Waals surface area contributed by atoms with Crippen LogP contribution in [0.5, 0.6) is 0 Å². The van der Waals surface area contributed by atoms with Crippen LogP contribution in [0.4, 0.5) is 0 Å². The molecular formula is C22H28N2O2S2. The van der Waals surface area contributed by atoms with Gasteiger partial charge in [-0.15, -0.1) is 23.5 Å². The van der Waals surface area contributed by atoms with Gasteiger partial charge in [-0.3, -0.25) is 9.59 Å². The Hall–Kier alpha value is -1.92. The number of rotatable bonds is 11. The van der Waals surface area contributed by atoms with Crippen molar-refractivity contribution in [3.8, 4) is 0 Å². The molecule has 0 heterocycles. The van der Waals surface area contributed by atoms with Crippen LogP contribution in [-0.2, 0) is 21.1 Å². The van der Waals surface area contributed by atoms with Gasteiger partial charge in [0.25, 0.3) is 0 Å². The number of thioether (sulfide) groups is 2. The summed E-state index contributed by atoms with van der Waals surface area (Å²) in [6, 6.07) is 16.4. The number of nitrogens with one attached hydrogen (secondary N) is 2. The van der Waals surface area contributed by atoms with Crippen LogP contribution in [0.3, 0.4) is 0 Å². The molecule has 0 bridgehead atoms. The zero-order valence-corrected chi connectivity index (χ0v) is 18.1. The lowest BCUT2D eigenvalue weighted by Gasteiger charge is -2.08. The van der Waals surface area contributed by atoms with Crippen LogP contribution in [-0.4, -0.2) is 36.4 Å². The molecule has 0 aliphatic heterocycles. The van der Waals surface area contributed by atoms with Gasteiger partial charge in [-0.05, 0) is 36.1 Å². The molecule has 0 fully saturated rings. The Kier molecular flexibility index (Phi) is 10.0. The first-order valence-electron chi connectivity index (χ1n) is 9.34. The highest BCUT2D eigenvalue weighted by atomic mass is 32.2. The molecule has 0 atom stereocenters. The van der Waals surface area contributed by atoms with Crippen LogP contribution in [0.1, 0.15) is 22.3 Å². The van der Waals surface area contributed by atoms with Gasteiger partial charge < -0.3 is 10.6 Å². The number of benzene rings is 2. The third-order valence-corrected chi connectivity index (χ3v) is 6.24. The Morgan fingerprint density at radius 3 is 1.50 bits per heavy atom. The molecule has 2 rings (SSSR count). The van der Waals surface area contributed by atoms with E-state index in [4.69, 9.17) is 0 Å². The Bertz CT molecular complexity index is 715. The van der Waals surface area contributed by atoms with E-state index in [0.717, 1.165) is 11.5 Å². The molecular weight excluding hydrogens is 388 g/mol. The fourth-order valence-electron chi connectivity index (χ4n) is 2.56. The predicted molar refractivity (Wildman–Crippen MR) is 121 cm³/mol. The van der Waals surface area contributed by atoms with Crippen LogP contribution in [0.2, 0.25) is 0 Å². The molecule has 0 aromatic heterocycles. The van der Waals surface area contributed by atoms with E-state index < -0.39 is 0 Å². The summed E-state index contributed by atoms with van der Waals surface area (Å²) < 4.78 is 0. The average molecular weight is 417 g/mol. The van der Waals surface area contributed by atoms with Crippen molar-refractivity contribution in [1.29, 1.82) is 0 Å². The van der Waals surface area contributed by atoms with Crippen molar-refractivity contribution in [3.63, 3.8) is 0 Å². The second-order valence-electron chi connectivity index (χ2n) is 6.54. The third-order valence-electron chi connectivity index (χ3n) is 4.27. The van der Waals surface area contributed by atoms with Gasteiger partial charge in [0.05, 0.1) is 11.5 Å². The third kappa shape index (κ3) is 8.40. The maximum Gasteiger partial charge on any atom is 0.230 e. The molecule has 0 spiro atoms. The first-order valence-corrected chi connectivity index (χ1v) is 11.6. The molecule has 0 aliphatic carbocycles. The number of carbonyl (C=O) groups excluding carboxylic acids is 2. The summed E-state index contributed by atoms with van der Waals surface area (Å²) in [4.78, 5) is 23.7. The van der Waals surface area contributed by atoms with E-state index >= 15 is 0 Å². The summed E-state index contributed by atoms with van der Waals surface area (Å²) >= 11 is 3.20. The molecule has 6 heteroatoms. The van der Waals surface area contributed by atoms with Crippen LogP contribution in [0.15, 0.2) is 48.5 Å². The minimum absolute atomic E-state index is 0.00163. The Balaban J connectivity index is 1.51. The highest BCUT2D eigenvalue weighted by Gasteiger charge is 2.05. The number of hydrogen-bond acceptors (Lipinski definition) is 4. The Morgan fingerprint density at radius 1 is 0.714 bits per heavy atom. The molecule has 0 unspecified atom stereocenters. The number of hydrogen-bond donors (Lipinski definition) is 2. The summed E-state index contributed by atoms with van der Waals surface area (Å²) in [5.74, 6) is 2.51. The summed E-state index contributed by atoms with van der Waals surface area (Å²) in [6.45, 7) is 5.08. The number of aryl methyl sites for hydroxylation is 2. The summed E-state index contributed by atoms with van der Waals surface area (Å²) in [5, 5.41) is 5.69. The summed E-state index contributed by atoms with van der Waals surface area (Å²) in [7, 11) is 0. The van der Waals surface area contributed by atoms with Gasteiger partial charge >= 0.3 is 0 Å². The fraction of sp³-hybridized carbons (Fsp3) is 0.364. The van der Waals surface area contributed by atoms with Gasteiger partial charge in [0.1, 0.15) is 0 Å². The van der Waals surface area contributed by atoms with Crippen LogP contribution in [0.25, 0.3) is 0 Å². The molecule has 2 aromatic carbocycles. The van der Waals surface area contributed by atoms with Crippen molar-refractivity contribution < 1.29 is 9.59 Å². The molecule has 0 radical (unpaired) electrons. The van der Waals surface area contributed by atoms with Gasteiger partial charge in [-0.1, -0.05) is 48.5 Å². The smallest absolute Gasteiger partial charge is 0.230 e. The van der Waals surface area contributed by atoms with E-state index in [1.165, 1.54) is 22.3 Å². The Morgan fingerprint density at radius 2 is 1.11 bits per heavy atom. The first-order chi connectivity index (χ1) is 13.6. The minimum atomic E-state index is 0.00163. The van der Waals surface area contributed by atoms with Crippen molar-refractivity contribution >= 4 is 35.3 Å². The lowest BCUT2D eigenvalue weighted by Crippen LogP contribution is -2.36. The van der Waals surface area contributed by atoms with Crippen molar-refractivity contribution in [2.45, 2.75) is 25.4 Å². The number of amides is 2. The zero-order valence-electron chi connectivity index (χ0n) is 16.5. The standard InChI is InChI=1S/C22H28N2O2S2/c1-17-7-3-5-9-19(17)13-27-15-21(25)23-11-12-24-22(26)16-28-14-20-10-6-4-8-18(20)2/h3-10H,11-16H2,1-2H3,(H,23,25)(H,24,26). The van der Waals surface area contributed by atoms with Gasteiger partial charge in [0.2, 0.25) is 11.8 Å². The molecule has 2 N–H and O–H groups in total. The van der Waals surface area contributed by atoms with E-state index in [1.807, 2.05) is 24.3 Å². The van der Waals surface area contributed by atoms with E-state index in [9.17, 15) is 9.59 Å². The highest BCUT2D eigenvalue weighted by Crippen LogP contribution is 2.16. The molecule has 2 aromatic rings. The van der Waals surface area contributed by atoms with E-state index in [-0.39, 0.29) is 11.8 Å². The van der Waals surface area contributed by atoms with Crippen molar-refractivity contribution in [2.75, 3.05) is 24.6 Å². The van der Waals surface area contributed by atoms with E-state index in [0.29, 0.717) is 24.6 Å². The second-order valence-corrected chi connectivity index (χ2v) is 8.51. The maximum atomic E-state index is 11.9. The van der Waals surface area contributed by atoms with Gasteiger partial charge in [-0.25, -0.2) is 0 Å². The molecule has 2 amide bonds. The van der Waals surface area contributed by atoms with Crippen LogP contribution in [0, 0.1) is 13.8 Å². The molecule has 0 saturated heterocycles. The van der Waals surface area contributed by atoms with Crippen LogP contribution >= 0.6 is 23.5 Å². The first kappa shape index (κ1) is 22.4. The predicted octanol–water partition coefficient (Wildman–Crippen LogP) is 3.70. The van der Waals surface area contributed by atoms with Crippen LogP contribution < -0.4 is 10.6 Å². The SMILES string of the molecule is Cc1ccccc1CSCC(=O)NCCNC(=O)CSCc1ccccc1C. The molecule has 150 valence electrons. The van der Waals surface area contributed by atoms with Gasteiger partial charge in [0, 0.05) is 24.6 Å². The molecule has 28 heavy (non-hydrogen) atoms.